The highest BCUT2D eigenvalue weighted by atomic mass is 19.3. The SMILES string of the molecule is [2H]C([2H])([2H])N1C(=O)c2cccc(OC(F)F)c2[C@H]2C[C@@H]1c1nc3ccc(C#Cc4cn[nH]c4)cc3n12. The van der Waals surface area contributed by atoms with Gasteiger partial charge in [0.1, 0.15) is 11.6 Å². The van der Waals surface area contributed by atoms with E-state index in [-0.39, 0.29) is 23.3 Å². The summed E-state index contributed by atoms with van der Waals surface area (Å²) in [5.41, 5.74) is 2.83. The number of H-pyrrole nitrogens is 1. The van der Waals surface area contributed by atoms with Crippen LogP contribution in [-0.2, 0) is 0 Å². The number of nitrogens with zero attached hydrogens (tertiary/aromatic N) is 4. The number of nitrogens with one attached hydrogen (secondary N) is 1. The van der Waals surface area contributed by atoms with Crippen molar-refractivity contribution in [2.45, 2.75) is 25.1 Å². The molecule has 2 aromatic heterocycles. The molecule has 2 aliphatic heterocycles. The Morgan fingerprint density at radius 3 is 2.91 bits per heavy atom. The van der Waals surface area contributed by atoms with Crippen LogP contribution < -0.4 is 4.74 Å². The zero-order valence-electron chi connectivity index (χ0n) is 19.9. The summed E-state index contributed by atoms with van der Waals surface area (Å²) in [6, 6.07) is 8.04. The molecule has 164 valence electrons. The maximum Gasteiger partial charge on any atom is 0.387 e. The minimum Gasteiger partial charge on any atom is -0.434 e. The molecule has 0 radical (unpaired) electrons. The lowest BCUT2D eigenvalue weighted by molar-refractivity contribution is -0.0507. The van der Waals surface area contributed by atoms with E-state index in [0.717, 1.165) is 4.90 Å². The number of hydrogen-bond donors (Lipinski definition) is 1. The van der Waals surface area contributed by atoms with Gasteiger partial charge in [-0.15, -0.1) is 0 Å². The number of ether oxygens (including phenoxy) is 1. The van der Waals surface area contributed by atoms with E-state index in [9.17, 15) is 13.6 Å². The normalized spacial score (nSPS) is 20.4. The van der Waals surface area contributed by atoms with Crippen molar-refractivity contribution in [3.8, 4) is 17.6 Å². The van der Waals surface area contributed by atoms with E-state index < -0.39 is 31.6 Å². The molecular weight excluding hydrogens is 428 g/mol. The van der Waals surface area contributed by atoms with E-state index in [2.05, 4.69) is 27.0 Å². The van der Waals surface area contributed by atoms with Crippen LogP contribution in [-0.4, -0.2) is 44.1 Å². The van der Waals surface area contributed by atoms with Gasteiger partial charge in [0.05, 0.1) is 34.9 Å². The first-order valence-electron chi connectivity index (χ1n) is 11.7. The number of fused-ring (bicyclic) bond motifs is 9. The van der Waals surface area contributed by atoms with Gasteiger partial charge in [0.2, 0.25) is 0 Å². The van der Waals surface area contributed by atoms with Crippen LogP contribution in [0, 0.1) is 11.8 Å². The Morgan fingerprint density at radius 2 is 2.12 bits per heavy atom. The summed E-state index contributed by atoms with van der Waals surface area (Å²) in [6.45, 7) is -5.89. The topological polar surface area (TPSA) is 76.0 Å². The van der Waals surface area contributed by atoms with E-state index >= 15 is 0 Å². The van der Waals surface area contributed by atoms with Crippen molar-refractivity contribution < 1.29 is 22.4 Å². The lowest BCUT2D eigenvalue weighted by atomic mass is 9.97. The summed E-state index contributed by atoms with van der Waals surface area (Å²) in [4.78, 5) is 18.9. The second-order valence-corrected chi connectivity index (χ2v) is 7.82. The summed E-state index contributed by atoms with van der Waals surface area (Å²) in [7, 11) is 0. The first-order chi connectivity index (χ1) is 17.2. The molecule has 2 atom stereocenters. The number of rotatable bonds is 2. The minimum atomic E-state index is -3.12. The number of carbonyl (C=O) groups excluding carboxylic acids is 1. The monoisotopic (exact) mass is 448 g/mol. The van der Waals surface area contributed by atoms with Crippen molar-refractivity contribution in [1.82, 2.24) is 24.6 Å². The van der Waals surface area contributed by atoms with Gasteiger partial charge in [0.15, 0.2) is 0 Å². The molecule has 0 unspecified atom stereocenters. The molecule has 7 nitrogen and oxygen atoms in total. The van der Waals surface area contributed by atoms with Gasteiger partial charge >= 0.3 is 6.61 Å². The highest BCUT2D eigenvalue weighted by Crippen LogP contribution is 2.49. The lowest BCUT2D eigenvalue weighted by Crippen LogP contribution is -2.30. The summed E-state index contributed by atoms with van der Waals surface area (Å²) < 4.78 is 57.4. The first kappa shape index (κ1) is 16.4. The molecule has 0 saturated carbocycles. The molecule has 4 heterocycles. The Morgan fingerprint density at radius 1 is 1.24 bits per heavy atom. The molecule has 0 spiro atoms. The number of alkyl halides is 2. The molecule has 9 heteroatoms. The highest BCUT2D eigenvalue weighted by molar-refractivity contribution is 5.97. The fourth-order valence-corrected chi connectivity index (χ4v) is 4.65. The van der Waals surface area contributed by atoms with Gasteiger partial charge in [-0.25, -0.2) is 4.98 Å². The fourth-order valence-electron chi connectivity index (χ4n) is 4.65. The minimum absolute atomic E-state index is 0.0141. The van der Waals surface area contributed by atoms with Crippen LogP contribution in [0.4, 0.5) is 8.78 Å². The Labute approximate surface area is 191 Å². The second-order valence-electron chi connectivity index (χ2n) is 7.82. The van der Waals surface area contributed by atoms with Crippen LogP contribution in [0.15, 0.2) is 48.8 Å². The van der Waals surface area contributed by atoms with Gasteiger partial charge in [-0.3, -0.25) is 9.89 Å². The molecule has 1 amide bonds. The standard InChI is InChI=1S/C24H17F2N5O2/c1-30-19-10-18(21-15(23(30)32)3-2-4-20(21)33-24(25)26)31-17-9-13(5-6-14-11-27-28-12-14)7-8-16(17)29-22(19)31/h2-4,7-9,11-12,18-19,24H,10H2,1H3,(H,27,28)/t18-,19-/m1/s1/i1D3. The van der Waals surface area contributed by atoms with Gasteiger partial charge in [0.25, 0.3) is 5.91 Å². The van der Waals surface area contributed by atoms with E-state index in [1.165, 1.54) is 18.2 Å². The number of aromatic nitrogens is 4. The van der Waals surface area contributed by atoms with Crippen LogP contribution in [0.3, 0.4) is 0 Å². The number of hydrogen-bond acceptors (Lipinski definition) is 4. The molecule has 6 rings (SSSR count). The van der Waals surface area contributed by atoms with E-state index in [1.54, 1.807) is 24.5 Å². The quantitative estimate of drug-likeness (QED) is 0.472. The van der Waals surface area contributed by atoms with Crippen molar-refractivity contribution in [2.75, 3.05) is 6.98 Å². The molecular formula is C24H17F2N5O2. The van der Waals surface area contributed by atoms with Crippen LogP contribution in [0.1, 0.15) is 55.5 Å². The molecule has 0 saturated heterocycles. The average molecular weight is 448 g/mol. The zero-order valence-corrected chi connectivity index (χ0v) is 16.9. The van der Waals surface area contributed by atoms with Crippen molar-refractivity contribution in [1.29, 1.82) is 0 Å². The largest absolute Gasteiger partial charge is 0.434 e. The predicted molar refractivity (Wildman–Crippen MR) is 115 cm³/mol. The first-order valence-corrected chi connectivity index (χ1v) is 10.2. The molecule has 0 fully saturated rings. The third kappa shape index (κ3) is 2.98. The Hall–Kier alpha value is -4.19. The molecule has 2 aromatic carbocycles. The zero-order chi connectivity index (χ0) is 25.2. The molecule has 0 aliphatic carbocycles. The van der Waals surface area contributed by atoms with Gasteiger partial charge in [0, 0.05) is 40.4 Å². The van der Waals surface area contributed by atoms with Crippen molar-refractivity contribution in [3.05, 3.63) is 76.9 Å². The Kier molecular flexibility index (Phi) is 3.57. The molecule has 2 bridgehead atoms. The number of halogens is 2. The maximum absolute atomic E-state index is 13.4. The number of imidazole rings is 1. The van der Waals surface area contributed by atoms with Crippen molar-refractivity contribution >= 4 is 16.9 Å². The smallest absolute Gasteiger partial charge is 0.387 e. The molecule has 1 N–H and O–H groups in total. The van der Waals surface area contributed by atoms with Crippen molar-refractivity contribution in [2.24, 2.45) is 0 Å². The highest BCUT2D eigenvalue weighted by Gasteiger charge is 2.44. The lowest BCUT2D eigenvalue weighted by Gasteiger charge is -2.24. The van der Waals surface area contributed by atoms with Gasteiger partial charge in [-0.2, -0.15) is 13.9 Å². The molecule has 33 heavy (non-hydrogen) atoms. The molecule has 2 aliphatic rings. The van der Waals surface area contributed by atoms with Crippen LogP contribution >= 0.6 is 0 Å². The number of benzene rings is 2. The fraction of sp³-hybridized carbons (Fsp3) is 0.208. The van der Waals surface area contributed by atoms with Crippen LogP contribution in [0.5, 0.6) is 5.75 Å². The number of aromatic amines is 1. The average Bonchev–Trinajstić information content (AvgIpc) is 3.51. The summed E-state index contributed by atoms with van der Waals surface area (Å²) in [5.74, 6) is 5.48. The third-order valence-electron chi connectivity index (χ3n) is 6.00. The maximum atomic E-state index is 13.4. The Balaban J connectivity index is 1.58. The van der Waals surface area contributed by atoms with Crippen LogP contribution in [0.2, 0.25) is 0 Å². The number of carbonyl (C=O) groups is 1. The molecule has 4 aromatic rings. The van der Waals surface area contributed by atoms with E-state index in [4.69, 9.17) is 8.85 Å². The third-order valence-corrected chi connectivity index (χ3v) is 6.00. The van der Waals surface area contributed by atoms with Gasteiger partial charge < -0.3 is 14.2 Å². The second kappa shape index (κ2) is 7.17. The van der Waals surface area contributed by atoms with Gasteiger partial charge in [-0.1, -0.05) is 17.9 Å². The summed E-state index contributed by atoms with van der Waals surface area (Å²) >= 11 is 0. The van der Waals surface area contributed by atoms with E-state index in [0.29, 0.717) is 28.0 Å². The van der Waals surface area contributed by atoms with Crippen LogP contribution in [0.25, 0.3) is 11.0 Å². The number of amides is 1. The van der Waals surface area contributed by atoms with Gasteiger partial charge in [-0.05, 0) is 30.3 Å². The summed E-state index contributed by atoms with van der Waals surface area (Å²) in [5, 5.41) is 6.56. The Bertz CT molecular complexity index is 1570. The summed E-state index contributed by atoms with van der Waals surface area (Å²) in [6.07, 6.45) is 3.41. The predicted octanol–water partition coefficient (Wildman–Crippen LogP) is 3.88. The van der Waals surface area contributed by atoms with E-state index in [1.807, 2.05) is 10.6 Å². The van der Waals surface area contributed by atoms with Crippen molar-refractivity contribution in [3.63, 3.8) is 0 Å².